The predicted octanol–water partition coefficient (Wildman–Crippen LogP) is -0.602. The average molecular weight is 370 g/mol. The molecular formula is C15H14O11. The van der Waals surface area contributed by atoms with Crippen LogP contribution in [0.1, 0.15) is 12.0 Å². The minimum atomic E-state index is -3.39. The zero-order chi connectivity index (χ0) is 20.1. The van der Waals surface area contributed by atoms with Crippen molar-refractivity contribution in [3.8, 4) is 11.5 Å². The van der Waals surface area contributed by atoms with E-state index in [4.69, 9.17) is 20.4 Å². The number of phenolic OH excluding ortho intramolecular Hbond substituents is 2. The molecule has 1 aromatic carbocycles. The molecule has 1 rings (SSSR count). The van der Waals surface area contributed by atoms with Crippen molar-refractivity contribution in [3.05, 3.63) is 29.8 Å². The molecule has 140 valence electrons. The van der Waals surface area contributed by atoms with Gasteiger partial charge in [0.15, 0.2) is 11.5 Å². The molecule has 0 bridgehead atoms. The lowest BCUT2D eigenvalue weighted by Crippen LogP contribution is -2.56. The van der Waals surface area contributed by atoms with Crippen molar-refractivity contribution in [2.45, 2.75) is 18.1 Å². The van der Waals surface area contributed by atoms with E-state index in [-0.39, 0.29) is 5.56 Å². The third-order valence-corrected chi connectivity index (χ3v) is 3.09. The number of ether oxygens (including phenoxy) is 1. The Balaban J connectivity index is 3.01. The van der Waals surface area contributed by atoms with Gasteiger partial charge in [-0.05, 0) is 23.8 Å². The maximum Gasteiger partial charge on any atom is 0.348 e. The van der Waals surface area contributed by atoms with E-state index in [9.17, 15) is 29.4 Å². The van der Waals surface area contributed by atoms with Crippen LogP contribution in [0.25, 0.3) is 6.08 Å². The predicted molar refractivity (Wildman–Crippen MR) is 81.2 cm³/mol. The van der Waals surface area contributed by atoms with E-state index < -0.39 is 53.5 Å². The molecule has 26 heavy (non-hydrogen) atoms. The minimum Gasteiger partial charge on any atom is -0.504 e. The highest BCUT2D eigenvalue weighted by atomic mass is 16.6. The maximum absolute atomic E-state index is 11.7. The monoisotopic (exact) mass is 370 g/mol. The van der Waals surface area contributed by atoms with Crippen LogP contribution in [-0.2, 0) is 23.9 Å². The van der Waals surface area contributed by atoms with Gasteiger partial charge in [0.05, 0.1) is 6.42 Å². The first-order valence-corrected chi connectivity index (χ1v) is 6.78. The van der Waals surface area contributed by atoms with Crippen LogP contribution in [0.15, 0.2) is 24.3 Å². The van der Waals surface area contributed by atoms with Crippen molar-refractivity contribution >= 4 is 30.0 Å². The number of phenols is 2. The van der Waals surface area contributed by atoms with Crippen molar-refractivity contribution in [1.29, 1.82) is 0 Å². The van der Waals surface area contributed by atoms with Gasteiger partial charge in [-0.25, -0.2) is 14.4 Å². The van der Waals surface area contributed by atoms with Gasteiger partial charge in [-0.3, -0.25) is 4.79 Å². The number of aromatic hydroxyl groups is 2. The van der Waals surface area contributed by atoms with Gasteiger partial charge in [0.2, 0.25) is 11.7 Å². The van der Waals surface area contributed by atoms with Gasteiger partial charge in [-0.15, -0.1) is 0 Å². The highest BCUT2D eigenvalue weighted by Gasteiger charge is 2.52. The first-order chi connectivity index (χ1) is 12.0. The van der Waals surface area contributed by atoms with Crippen LogP contribution in [0.5, 0.6) is 11.5 Å². The second kappa shape index (κ2) is 7.98. The van der Waals surface area contributed by atoms with E-state index >= 15 is 0 Å². The summed E-state index contributed by atoms with van der Waals surface area (Å²) in [6.45, 7) is 0. The Kier molecular flexibility index (Phi) is 6.28. The molecule has 0 heterocycles. The van der Waals surface area contributed by atoms with Crippen molar-refractivity contribution < 1.29 is 54.6 Å². The van der Waals surface area contributed by atoms with Crippen LogP contribution >= 0.6 is 0 Å². The Morgan fingerprint density at radius 2 is 1.69 bits per heavy atom. The smallest absolute Gasteiger partial charge is 0.348 e. The number of benzene rings is 1. The molecule has 0 radical (unpaired) electrons. The van der Waals surface area contributed by atoms with E-state index in [1.807, 2.05) is 0 Å². The minimum absolute atomic E-state index is 0.197. The van der Waals surface area contributed by atoms with E-state index in [2.05, 4.69) is 4.74 Å². The zero-order valence-corrected chi connectivity index (χ0v) is 12.9. The number of aliphatic hydroxyl groups is 1. The first kappa shape index (κ1) is 20.4. The zero-order valence-electron chi connectivity index (χ0n) is 12.9. The van der Waals surface area contributed by atoms with Gasteiger partial charge >= 0.3 is 23.9 Å². The lowest BCUT2D eigenvalue weighted by Gasteiger charge is -2.27. The summed E-state index contributed by atoms with van der Waals surface area (Å²) in [4.78, 5) is 44.6. The summed E-state index contributed by atoms with van der Waals surface area (Å²) in [5.41, 5.74) is -3.19. The van der Waals surface area contributed by atoms with Crippen LogP contribution in [0, 0.1) is 0 Å². The van der Waals surface area contributed by atoms with Gasteiger partial charge in [0, 0.05) is 6.08 Å². The normalized spacial score (nSPS) is 14.3. The Morgan fingerprint density at radius 3 is 2.15 bits per heavy atom. The van der Waals surface area contributed by atoms with Crippen molar-refractivity contribution in [3.63, 3.8) is 0 Å². The number of hydrogen-bond acceptors (Lipinski definition) is 8. The summed E-state index contributed by atoms with van der Waals surface area (Å²) >= 11 is 0. The fourth-order valence-electron chi connectivity index (χ4n) is 1.83. The lowest BCUT2D eigenvalue weighted by molar-refractivity contribution is -0.195. The Hall–Kier alpha value is -3.60. The summed E-state index contributed by atoms with van der Waals surface area (Å²) in [6.07, 6.45) is -2.52. The van der Waals surface area contributed by atoms with E-state index in [0.717, 1.165) is 18.2 Å². The molecule has 0 saturated heterocycles. The number of carboxylic acids is 3. The van der Waals surface area contributed by atoms with Crippen LogP contribution in [0.4, 0.5) is 0 Å². The fourth-order valence-corrected chi connectivity index (χ4v) is 1.83. The standard InChI is InChI=1S/C15H14O11/c16-8-3-1-7(5-9(8)17)2-4-11(20)26-12(13(21)22)15(25,14(23)24)6-10(18)19/h1-5,12,16-17,25H,6H2,(H,18,19)(H,21,22)(H,23,24)/t12-,15-/m1/s1. The molecule has 6 N–H and O–H groups in total. The maximum atomic E-state index is 11.7. The third kappa shape index (κ3) is 4.95. The Labute approximate surface area is 145 Å². The van der Waals surface area contributed by atoms with Crippen LogP contribution in [-0.4, -0.2) is 66.2 Å². The third-order valence-electron chi connectivity index (χ3n) is 3.09. The molecule has 0 saturated carbocycles. The van der Waals surface area contributed by atoms with Crippen LogP contribution < -0.4 is 0 Å². The second-order valence-electron chi connectivity index (χ2n) is 5.04. The molecule has 0 fully saturated rings. The molecule has 0 amide bonds. The lowest BCUT2D eigenvalue weighted by atomic mass is 9.92. The van der Waals surface area contributed by atoms with Gasteiger partial charge in [0.25, 0.3) is 0 Å². The molecular weight excluding hydrogens is 356 g/mol. The highest BCUT2D eigenvalue weighted by Crippen LogP contribution is 2.25. The molecule has 11 nitrogen and oxygen atoms in total. The topological polar surface area (TPSA) is 199 Å². The Morgan fingerprint density at radius 1 is 1.08 bits per heavy atom. The molecule has 0 aliphatic heterocycles. The van der Waals surface area contributed by atoms with E-state index in [1.165, 1.54) is 6.07 Å². The van der Waals surface area contributed by atoms with Gasteiger partial charge in [-0.2, -0.15) is 0 Å². The molecule has 0 aliphatic carbocycles. The molecule has 0 spiro atoms. The van der Waals surface area contributed by atoms with Crippen molar-refractivity contribution in [2.24, 2.45) is 0 Å². The van der Waals surface area contributed by atoms with Gasteiger partial charge in [0.1, 0.15) is 0 Å². The van der Waals surface area contributed by atoms with E-state index in [0.29, 0.717) is 6.08 Å². The molecule has 0 aliphatic rings. The number of aliphatic carboxylic acids is 3. The van der Waals surface area contributed by atoms with Crippen molar-refractivity contribution in [1.82, 2.24) is 0 Å². The van der Waals surface area contributed by atoms with Crippen LogP contribution in [0.3, 0.4) is 0 Å². The number of esters is 1. The molecule has 2 atom stereocenters. The SMILES string of the molecule is O=C(O)C[C@](O)(C(=O)O)[C@H](OC(=O)C=Cc1ccc(O)c(O)c1)C(=O)O. The number of hydrogen-bond donors (Lipinski definition) is 6. The second-order valence-corrected chi connectivity index (χ2v) is 5.04. The number of rotatable bonds is 8. The fraction of sp³-hybridized carbons (Fsp3) is 0.200. The summed E-state index contributed by atoms with van der Waals surface area (Å²) in [6, 6.07) is 3.45. The number of carbonyl (C=O) groups excluding carboxylic acids is 1. The number of carboxylic acid groups (broad SMARTS) is 3. The molecule has 1 aromatic rings. The molecule has 11 heteroatoms. The molecule has 0 unspecified atom stereocenters. The van der Waals surface area contributed by atoms with E-state index in [1.54, 1.807) is 0 Å². The number of carbonyl (C=O) groups is 4. The van der Waals surface area contributed by atoms with Gasteiger partial charge < -0.3 is 35.4 Å². The summed E-state index contributed by atoms with van der Waals surface area (Å²) in [5, 5.41) is 54.9. The highest BCUT2D eigenvalue weighted by molar-refractivity contribution is 5.94. The summed E-state index contributed by atoms with van der Waals surface area (Å²) < 4.78 is 4.38. The summed E-state index contributed by atoms with van der Waals surface area (Å²) in [5.74, 6) is -8.41. The average Bonchev–Trinajstić information content (AvgIpc) is 2.52. The van der Waals surface area contributed by atoms with Crippen LogP contribution in [0.2, 0.25) is 0 Å². The van der Waals surface area contributed by atoms with Crippen molar-refractivity contribution in [2.75, 3.05) is 0 Å². The molecule has 0 aromatic heterocycles. The van der Waals surface area contributed by atoms with Gasteiger partial charge in [-0.1, -0.05) is 6.07 Å². The summed E-state index contributed by atoms with van der Waals surface area (Å²) in [7, 11) is 0. The quantitative estimate of drug-likeness (QED) is 0.194. The first-order valence-electron chi connectivity index (χ1n) is 6.78. The largest absolute Gasteiger partial charge is 0.504 e. The Bertz CT molecular complexity index is 767.